The van der Waals surface area contributed by atoms with Crippen molar-refractivity contribution in [1.82, 2.24) is 0 Å². The van der Waals surface area contributed by atoms with E-state index in [1.165, 1.54) is 12.1 Å². The van der Waals surface area contributed by atoms with Crippen molar-refractivity contribution >= 4 is 6.29 Å². The van der Waals surface area contributed by atoms with Crippen LogP contribution in [0.2, 0.25) is 0 Å². The van der Waals surface area contributed by atoms with Crippen LogP contribution in [0.25, 0.3) is 0 Å². The Balaban J connectivity index is 2.12. The summed E-state index contributed by atoms with van der Waals surface area (Å²) in [6.07, 6.45) is 0.547. The van der Waals surface area contributed by atoms with Crippen LogP contribution >= 0.6 is 0 Å². The van der Waals surface area contributed by atoms with Crippen LogP contribution in [-0.2, 0) is 5.60 Å². The van der Waals surface area contributed by atoms with E-state index in [-0.39, 0.29) is 17.9 Å². The van der Waals surface area contributed by atoms with Gasteiger partial charge in [0.15, 0.2) is 0 Å². The molecule has 1 N–H and O–H groups in total. The Morgan fingerprint density at radius 2 is 1.95 bits per heavy atom. The summed E-state index contributed by atoms with van der Waals surface area (Å²) in [6.45, 7) is 1.57. The van der Waals surface area contributed by atoms with Gasteiger partial charge in [-0.3, -0.25) is 4.79 Å². The van der Waals surface area contributed by atoms with Crippen molar-refractivity contribution in [3.8, 4) is 5.75 Å². The van der Waals surface area contributed by atoms with Crippen molar-refractivity contribution in [1.29, 1.82) is 0 Å². The maximum atomic E-state index is 13.3. The van der Waals surface area contributed by atoms with Gasteiger partial charge in [-0.1, -0.05) is 30.3 Å². The largest absolute Gasteiger partial charge is 0.490 e. The lowest BCUT2D eigenvalue weighted by Crippen LogP contribution is -2.29. The van der Waals surface area contributed by atoms with Gasteiger partial charge in [0.1, 0.15) is 30.1 Å². The Morgan fingerprint density at radius 3 is 2.60 bits per heavy atom. The van der Waals surface area contributed by atoms with E-state index < -0.39 is 11.4 Å². The number of hydrogen-bond donors (Lipinski definition) is 1. The van der Waals surface area contributed by atoms with Gasteiger partial charge in [0.25, 0.3) is 0 Å². The van der Waals surface area contributed by atoms with Gasteiger partial charge in [-0.15, -0.1) is 0 Å². The van der Waals surface area contributed by atoms with Crippen LogP contribution in [0.1, 0.15) is 22.8 Å². The van der Waals surface area contributed by atoms with E-state index in [1.807, 2.05) is 18.2 Å². The lowest BCUT2D eigenvalue weighted by atomic mass is 9.97. The second-order valence-electron chi connectivity index (χ2n) is 4.77. The number of aldehydes is 1. The van der Waals surface area contributed by atoms with Gasteiger partial charge in [0.2, 0.25) is 0 Å². The van der Waals surface area contributed by atoms with Crippen molar-refractivity contribution in [2.75, 3.05) is 6.61 Å². The molecule has 0 aliphatic carbocycles. The zero-order chi connectivity index (χ0) is 14.6. The second-order valence-corrected chi connectivity index (χ2v) is 4.77. The van der Waals surface area contributed by atoms with Crippen molar-refractivity contribution in [3.63, 3.8) is 0 Å². The summed E-state index contributed by atoms with van der Waals surface area (Å²) in [5, 5.41) is 10.4. The van der Waals surface area contributed by atoms with Crippen LogP contribution in [0.3, 0.4) is 0 Å². The molecular weight excluding hydrogens is 259 g/mol. The summed E-state index contributed by atoms with van der Waals surface area (Å²) < 4.78 is 18.7. The Kier molecular flexibility index (Phi) is 4.15. The molecule has 3 nitrogen and oxygen atoms in total. The standard InChI is InChI=1S/C16H15FO3/c1-16(19,13-5-3-2-4-6-13)11-20-15-8-12(10-18)7-14(17)9-15/h2-10,19H,11H2,1H3. The molecule has 2 aromatic carbocycles. The summed E-state index contributed by atoms with van der Waals surface area (Å²) in [4.78, 5) is 10.7. The highest BCUT2D eigenvalue weighted by atomic mass is 19.1. The number of benzene rings is 2. The fourth-order valence-corrected chi connectivity index (χ4v) is 1.84. The molecule has 0 aromatic heterocycles. The molecule has 0 amide bonds. The van der Waals surface area contributed by atoms with Crippen molar-refractivity contribution < 1.29 is 19.0 Å². The number of rotatable bonds is 5. The number of carbonyl (C=O) groups is 1. The molecule has 4 heteroatoms. The molecular formula is C16H15FO3. The monoisotopic (exact) mass is 274 g/mol. The molecule has 0 spiro atoms. The van der Waals surface area contributed by atoms with E-state index in [1.54, 1.807) is 19.1 Å². The Bertz CT molecular complexity index is 594. The minimum atomic E-state index is -1.20. The van der Waals surface area contributed by atoms with Gasteiger partial charge in [-0.2, -0.15) is 0 Å². The van der Waals surface area contributed by atoms with Crippen LogP contribution in [0.5, 0.6) is 5.75 Å². The fourth-order valence-electron chi connectivity index (χ4n) is 1.84. The number of halogens is 1. The normalized spacial score (nSPS) is 13.6. The molecule has 0 aliphatic heterocycles. The first-order chi connectivity index (χ1) is 9.51. The molecule has 0 saturated heterocycles. The molecule has 0 radical (unpaired) electrons. The van der Waals surface area contributed by atoms with Crippen molar-refractivity contribution in [2.45, 2.75) is 12.5 Å². The van der Waals surface area contributed by atoms with Gasteiger partial charge in [-0.25, -0.2) is 4.39 Å². The average Bonchev–Trinajstić information content (AvgIpc) is 2.45. The average molecular weight is 274 g/mol. The number of ether oxygens (including phenoxy) is 1. The molecule has 0 bridgehead atoms. The zero-order valence-corrected chi connectivity index (χ0v) is 11.0. The summed E-state index contributed by atoms with van der Waals surface area (Å²) in [5.41, 5.74) is -0.305. The van der Waals surface area contributed by atoms with Gasteiger partial charge >= 0.3 is 0 Å². The molecule has 0 heterocycles. The van der Waals surface area contributed by atoms with Crippen molar-refractivity contribution in [2.24, 2.45) is 0 Å². The van der Waals surface area contributed by atoms with E-state index in [0.29, 0.717) is 11.8 Å². The minimum Gasteiger partial charge on any atom is -0.490 e. The summed E-state index contributed by atoms with van der Waals surface area (Å²) >= 11 is 0. The highest BCUT2D eigenvalue weighted by Crippen LogP contribution is 2.23. The molecule has 2 rings (SSSR count). The van der Waals surface area contributed by atoms with Crippen LogP contribution in [0, 0.1) is 5.82 Å². The smallest absolute Gasteiger partial charge is 0.150 e. The Morgan fingerprint density at radius 1 is 1.25 bits per heavy atom. The third kappa shape index (κ3) is 3.42. The van der Waals surface area contributed by atoms with E-state index in [4.69, 9.17) is 4.74 Å². The zero-order valence-electron chi connectivity index (χ0n) is 11.0. The van der Waals surface area contributed by atoms with Gasteiger partial charge in [-0.05, 0) is 24.6 Å². The summed E-state index contributed by atoms with van der Waals surface area (Å²) in [6, 6.07) is 12.8. The molecule has 1 unspecified atom stereocenters. The van der Waals surface area contributed by atoms with E-state index in [9.17, 15) is 14.3 Å². The predicted octanol–water partition coefficient (Wildman–Crippen LogP) is 2.92. The van der Waals surface area contributed by atoms with Gasteiger partial charge in [0.05, 0.1) is 0 Å². The van der Waals surface area contributed by atoms with Crippen LogP contribution in [-0.4, -0.2) is 18.0 Å². The summed E-state index contributed by atoms with van der Waals surface area (Å²) in [5.74, 6) is -0.340. The van der Waals surface area contributed by atoms with E-state index >= 15 is 0 Å². The van der Waals surface area contributed by atoms with Crippen LogP contribution in [0.4, 0.5) is 4.39 Å². The van der Waals surface area contributed by atoms with E-state index in [0.717, 1.165) is 6.07 Å². The third-order valence-corrected chi connectivity index (χ3v) is 2.95. The van der Waals surface area contributed by atoms with Crippen molar-refractivity contribution in [3.05, 3.63) is 65.5 Å². The first-order valence-corrected chi connectivity index (χ1v) is 6.18. The second kappa shape index (κ2) is 5.84. The maximum absolute atomic E-state index is 13.3. The minimum absolute atomic E-state index is 0.0429. The first-order valence-electron chi connectivity index (χ1n) is 6.18. The van der Waals surface area contributed by atoms with Gasteiger partial charge < -0.3 is 9.84 Å². The number of hydrogen-bond acceptors (Lipinski definition) is 3. The highest BCUT2D eigenvalue weighted by Gasteiger charge is 2.23. The lowest BCUT2D eigenvalue weighted by Gasteiger charge is -2.24. The van der Waals surface area contributed by atoms with Gasteiger partial charge in [0, 0.05) is 11.6 Å². The Hall–Kier alpha value is -2.20. The SMILES string of the molecule is CC(O)(COc1cc(F)cc(C=O)c1)c1ccccc1. The van der Waals surface area contributed by atoms with Crippen LogP contribution < -0.4 is 4.74 Å². The van der Waals surface area contributed by atoms with E-state index in [2.05, 4.69) is 0 Å². The summed E-state index contributed by atoms with van der Waals surface area (Å²) in [7, 11) is 0. The topological polar surface area (TPSA) is 46.5 Å². The van der Waals surface area contributed by atoms with Crippen LogP contribution in [0.15, 0.2) is 48.5 Å². The third-order valence-electron chi connectivity index (χ3n) is 2.95. The predicted molar refractivity (Wildman–Crippen MR) is 73.3 cm³/mol. The molecule has 0 saturated carbocycles. The molecule has 2 aromatic rings. The highest BCUT2D eigenvalue weighted by molar-refractivity contribution is 5.75. The lowest BCUT2D eigenvalue weighted by molar-refractivity contribution is 0.00749. The maximum Gasteiger partial charge on any atom is 0.150 e. The number of carbonyl (C=O) groups excluding carboxylic acids is 1. The molecule has 0 fully saturated rings. The first kappa shape index (κ1) is 14.2. The number of aliphatic hydroxyl groups is 1. The molecule has 0 aliphatic rings. The Labute approximate surface area is 116 Å². The fraction of sp³-hybridized carbons (Fsp3) is 0.188. The molecule has 104 valence electrons. The molecule has 20 heavy (non-hydrogen) atoms. The molecule has 1 atom stereocenters. The quantitative estimate of drug-likeness (QED) is 0.853.